The Kier molecular flexibility index (Phi) is 3.44. The Bertz CT molecular complexity index is 820. The summed E-state index contributed by atoms with van der Waals surface area (Å²) in [5, 5.41) is 12.8. The van der Waals surface area contributed by atoms with Gasteiger partial charge in [-0.15, -0.1) is 0 Å². The molecule has 0 radical (unpaired) electrons. The molecule has 0 bridgehead atoms. The summed E-state index contributed by atoms with van der Waals surface area (Å²) in [6.07, 6.45) is 0.388. The number of nitrogens with zero attached hydrogens (tertiary/aromatic N) is 3. The fraction of sp³-hybridized carbons (Fsp3) is 0.0625. The van der Waals surface area contributed by atoms with Gasteiger partial charge in [-0.3, -0.25) is 0 Å². The van der Waals surface area contributed by atoms with Crippen LogP contribution in [0.2, 0.25) is 0 Å². The third-order valence-corrected chi connectivity index (χ3v) is 2.96. The van der Waals surface area contributed by atoms with E-state index in [9.17, 15) is 4.39 Å². The van der Waals surface area contributed by atoms with Crippen LogP contribution in [0.1, 0.15) is 17.0 Å². The smallest absolute Gasteiger partial charge is 0.257 e. The summed E-state index contributed by atoms with van der Waals surface area (Å²) in [6, 6.07) is 15.3. The molecule has 0 saturated heterocycles. The lowest BCUT2D eigenvalue weighted by Gasteiger charge is -1.96. The van der Waals surface area contributed by atoms with Crippen LogP contribution < -0.4 is 0 Å². The lowest BCUT2D eigenvalue weighted by molar-refractivity contribution is 0.424. The van der Waals surface area contributed by atoms with Crippen molar-refractivity contribution in [3.8, 4) is 17.5 Å². The van der Waals surface area contributed by atoms with Crippen LogP contribution in [-0.4, -0.2) is 10.1 Å². The SMILES string of the molecule is N#Cc1cccc(-c2nc(Cc3cccc(F)c3)no2)c1. The fourth-order valence-electron chi connectivity index (χ4n) is 1.99. The second kappa shape index (κ2) is 5.55. The fourth-order valence-corrected chi connectivity index (χ4v) is 1.99. The van der Waals surface area contributed by atoms with E-state index >= 15 is 0 Å². The summed E-state index contributed by atoms with van der Waals surface area (Å²) >= 11 is 0. The van der Waals surface area contributed by atoms with Gasteiger partial charge in [0.05, 0.1) is 11.6 Å². The summed E-state index contributed by atoms with van der Waals surface area (Å²) in [5.41, 5.74) is 1.98. The molecule has 1 aromatic heterocycles. The summed E-state index contributed by atoms with van der Waals surface area (Å²) in [5.74, 6) is 0.523. The predicted octanol–water partition coefficient (Wildman–Crippen LogP) is 3.34. The van der Waals surface area contributed by atoms with E-state index in [0.29, 0.717) is 29.3 Å². The van der Waals surface area contributed by atoms with E-state index in [1.54, 1.807) is 36.4 Å². The Morgan fingerprint density at radius 3 is 2.81 bits per heavy atom. The number of nitriles is 1. The van der Waals surface area contributed by atoms with E-state index < -0.39 is 0 Å². The summed E-state index contributed by atoms with van der Waals surface area (Å²) in [6.45, 7) is 0. The third-order valence-electron chi connectivity index (χ3n) is 2.96. The molecule has 0 unspecified atom stereocenters. The summed E-state index contributed by atoms with van der Waals surface area (Å²) < 4.78 is 18.3. The first-order valence-corrected chi connectivity index (χ1v) is 6.32. The molecule has 3 rings (SSSR count). The van der Waals surface area contributed by atoms with Gasteiger partial charge in [0.1, 0.15) is 5.82 Å². The van der Waals surface area contributed by atoms with Gasteiger partial charge in [0.25, 0.3) is 5.89 Å². The topological polar surface area (TPSA) is 62.7 Å². The number of rotatable bonds is 3. The van der Waals surface area contributed by atoms with Crippen molar-refractivity contribution in [1.82, 2.24) is 10.1 Å². The minimum atomic E-state index is -0.294. The van der Waals surface area contributed by atoms with Gasteiger partial charge in [-0.05, 0) is 35.9 Å². The van der Waals surface area contributed by atoms with E-state index in [4.69, 9.17) is 9.78 Å². The van der Waals surface area contributed by atoms with E-state index in [1.165, 1.54) is 12.1 Å². The first kappa shape index (κ1) is 13.0. The number of benzene rings is 2. The standard InChI is InChI=1S/C16H10FN3O/c17-14-6-2-3-11(8-14)9-15-19-16(21-20-15)13-5-1-4-12(7-13)10-18/h1-8H,9H2. The molecular formula is C16H10FN3O. The van der Waals surface area contributed by atoms with Crippen molar-refractivity contribution in [1.29, 1.82) is 5.26 Å². The number of hydrogen-bond donors (Lipinski definition) is 0. The second-order valence-electron chi connectivity index (χ2n) is 4.52. The van der Waals surface area contributed by atoms with Crippen molar-refractivity contribution in [3.63, 3.8) is 0 Å². The molecule has 5 heteroatoms. The first-order chi connectivity index (χ1) is 10.2. The molecule has 0 aliphatic rings. The third kappa shape index (κ3) is 2.95. The monoisotopic (exact) mass is 279 g/mol. The van der Waals surface area contributed by atoms with E-state index in [2.05, 4.69) is 16.2 Å². The van der Waals surface area contributed by atoms with Crippen molar-refractivity contribution in [2.24, 2.45) is 0 Å². The van der Waals surface area contributed by atoms with E-state index in [0.717, 1.165) is 5.56 Å². The van der Waals surface area contributed by atoms with E-state index in [1.807, 2.05) is 0 Å². The molecule has 21 heavy (non-hydrogen) atoms. The van der Waals surface area contributed by atoms with Gasteiger partial charge >= 0.3 is 0 Å². The van der Waals surface area contributed by atoms with Crippen LogP contribution in [0.15, 0.2) is 53.1 Å². The van der Waals surface area contributed by atoms with Crippen LogP contribution in [0.4, 0.5) is 4.39 Å². The van der Waals surface area contributed by atoms with Crippen molar-refractivity contribution < 1.29 is 8.91 Å². The van der Waals surface area contributed by atoms with Crippen LogP contribution in [0.3, 0.4) is 0 Å². The van der Waals surface area contributed by atoms with Crippen LogP contribution in [0.5, 0.6) is 0 Å². The maximum absolute atomic E-state index is 13.1. The molecule has 0 fully saturated rings. The summed E-state index contributed by atoms with van der Waals surface area (Å²) in [7, 11) is 0. The molecule has 4 nitrogen and oxygen atoms in total. The average Bonchev–Trinajstić information content (AvgIpc) is 2.96. The van der Waals surface area contributed by atoms with Gasteiger partial charge < -0.3 is 4.52 Å². The number of aromatic nitrogens is 2. The van der Waals surface area contributed by atoms with Gasteiger partial charge in [0.15, 0.2) is 5.82 Å². The zero-order valence-corrected chi connectivity index (χ0v) is 11.0. The highest BCUT2D eigenvalue weighted by molar-refractivity contribution is 5.56. The number of hydrogen-bond acceptors (Lipinski definition) is 4. The molecule has 102 valence electrons. The minimum Gasteiger partial charge on any atom is -0.334 e. The van der Waals surface area contributed by atoms with Crippen molar-refractivity contribution in [2.75, 3.05) is 0 Å². The highest BCUT2D eigenvalue weighted by atomic mass is 19.1. The zero-order chi connectivity index (χ0) is 14.7. The normalized spacial score (nSPS) is 10.3. The maximum atomic E-state index is 13.1. The van der Waals surface area contributed by atoms with Crippen molar-refractivity contribution >= 4 is 0 Å². The molecule has 0 aliphatic carbocycles. The molecule has 1 heterocycles. The number of halogens is 1. The van der Waals surface area contributed by atoms with Gasteiger partial charge in [0, 0.05) is 12.0 Å². The Morgan fingerprint density at radius 1 is 1.14 bits per heavy atom. The van der Waals surface area contributed by atoms with Crippen molar-refractivity contribution in [2.45, 2.75) is 6.42 Å². The van der Waals surface area contributed by atoms with Gasteiger partial charge in [-0.1, -0.05) is 23.4 Å². The Labute approximate surface area is 120 Å². The second-order valence-corrected chi connectivity index (χ2v) is 4.52. The average molecular weight is 279 g/mol. The van der Waals surface area contributed by atoms with Crippen LogP contribution in [0.25, 0.3) is 11.5 Å². The predicted molar refractivity (Wildman–Crippen MR) is 73.7 cm³/mol. The highest BCUT2D eigenvalue weighted by Crippen LogP contribution is 2.19. The van der Waals surface area contributed by atoms with Gasteiger partial charge in [-0.2, -0.15) is 10.2 Å². The molecule has 0 saturated carbocycles. The zero-order valence-electron chi connectivity index (χ0n) is 11.0. The van der Waals surface area contributed by atoms with Crippen LogP contribution in [0, 0.1) is 17.1 Å². The first-order valence-electron chi connectivity index (χ1n) is 6.32. The molecule has 2 aromatic carbocycles. The highest BCUT2D eigenvalue weighted by Gasteiger charge is 2.10. The molecule has 0 atom stereocenters. The van der Waals surface area contributed by atoms with Crippen molar-refractivity contribution in [3.05, 3.63) is 71.3 Å². The molecule has 3 aromatic rings. The van der Waals surface area contributed by atoms with Crippen LogP contribution >= 0.6 is 0 Å². The van der Waals surface area contributed by atoms with Crippen LogP contribution in [-0.2, 0) is 6.42 Å². The summed E-state index contributed by atoms with van der Waals surface area (Å²) in [4.78, 5) is 4.27. The largest absolute Gasteiger partial charge is 0.334 e. The lowest BCUT2D eigenvalue weighted by atomic mass is 10.1. The molecule has 0 amide bonds. The molecular weight excluding hydrogens is 269 g/mol. The Hall–Kier alpha value is -3.00. The quantitative estimate of drug-likeness (QED) is 0.737. The lowest BCUT2D eigenvalue weighted by Crippen LogP contribution is -1.91. The minimum absolute atomic E-state index is 0.294. The van der Waals surface area contributed by atoms with E-state index in [-0.39, 0.29) is 5.82 Å². The Balaban J connectivity index is 1.85. The molecule has 0 spiro atoms. The van der Waals surface area contributed by atoms with Gasteiger partial charge in [-0.25, -0.2) is 4.39 Å². The Morgan fingerprint density at radius 2 is 2.00 bits per heavy atom. The maximum Gasteiger partial charge on any atom is 0.257 e. The van der Waals surface area contributed by atoms with Gasteiger partial charge in [0.2, 0.25) is 0 Å². The molecule has 0 N–H and O–H groups in total. The molecule has 0 aliphatic heterocycles.